The van der Waals surface area contributed by atoms with E-state index in [9.17, 15) is 4.80 Å². The zero-order valence-electron chi connectivity index (χ0n) is 11.0. The molecule has 0 fully saturated rings. The van der Waals surface area contributed by atoms with E-state index in [0.29, 0.717) is 11.1 Å². The maximum atomic E-state index is 10.5. The van der Waals surface area contributed by atoms with Crippen LogP contribution in [0.25, 0.3) is 5.82 Å². The standard InChI is InChI=1S/C14H14N4OSi/c1-11-5-2-7-13(16-11)20(19)14-8-3-6-12(17-14)18-10-4-9-15-18/h2-10,19-20H,1H3. The molecule has 3 heterocycles. The van der Waals surface area contributed by atoms with E-state index >= 15 is 0 Å². The van der Waals surface area contributed by atoms with Gasteiger partial charge in [-0.15, -0.1) is 0 Å². The van der Waals surface area contributed by atoms with Crippen LogP contribution >= 0.6 is 0 Å². The molecular formula is C14H14N4OSi. The first-order valence-corrected chi connectivity index (χ1v) is 8.00. The lowest BCUT2D eigenvalue weighted by atomic mass is 10.4. The number of rotatable bonds is 3. The molecule has 3 aromatic heterocycles. The minimum atomic E-state index is -2.34. The van der Waals surface area contributed by atoms with E-state index in [4.69, 9.17) is 0 Å². The van der Waals surface area contributed by atoms with Crippen LogP contribution < -0.4 is 10.6 Å². The lowest BCUT2D eigenvalue weighted by Gasteiger charge is -2.09. The summed E-state index contributed by atoms with van der Waals surface area (Å²) in [6.45, 7) is 1.91. The van der Waals surface area contributed by atoms with Gasteiger partial charge in [-0.1, -0.05) is 12.1 Å². The molecule has 1 N–H and O–H groups in total. The van der Waals surface area contributed by atoms with Gasteiger partial charge in [0.15, 0.2) is 5.82 Å². The van der Waals surface area contributed by atoms with Crippen molar-refractivity contribution in [3.63, 3.8) is 0 Å². The van der Waals surface area contributed by atoms with Crippen LogP contribution in [0.3, 0.4) is 0 Å². The van der Waals surface area contributed by atoms with E-state index in [0.717, 1.165) is 11.0 Å². The fourth-order valence-electron chi connectivity index (χ4n) is 1.99. The molecule has 0 bridgehead atoms. The number of aromatic nitrogens is 4. The largest absolute Gasteiger partial charge is 0.424 e. The quantitative estimate of drug-likeness (QED) is 0.676. The Bertz CT molecular complexity index is 715. The maximum absolute atomic E-state index is 10.5. The van der Waals surface area contributed by atoms with Crippen molar-refractivity contribution in [3.8, 4) is 5.82 Å². The van der Waals surface area contributed by atoms with Crippen LogP contribution in [0.4, 0.5) is 0 Å². The molecule has 3 aromatic rings. The predicted octanol–water partition coefficient (Wildman–Crippen LogP) is -0.199. The first-order chi connectivity index (χ1) is 9.74. The summed E-state index contributed by atoms with van der Waals surface area (Å²) >= 11 is 0. The Morgan fingerprint density at radius 2 is 1.75 bits per heavy atom. The number of pyridine rings is 2. The molecule has 0 saturated heterocycles. The van der Waals surface area contributed by atoms with Gasteiger partial charge in [0, 0.05) is 18.1 Å². The highest BCUT2D eigenvalue weighted by Gasteiger charge is 2.17. The van der Waals surface area contributed by atoms with Crippen molar-refractivity contribution in [2.24, 2.45) is 0 Å². The van der Waals surface area contributed by atoms with Crippen molar-refractivity contribution in [2.45, 2.75) is 6.92 Å². The first kappa shape index (κ1) is 12.7. The van der Waals surface area contributed by atoms with Crippen LogP contribution in [0.1, 0.15) is 5.69 Å². The molecule has 0 aliphatic carbocycles. The number of aryl methyl sites for hydroxylation is 1. The molecule has 0 spiro atoms. The maximum Gasteiger partial charge on any atom is 0.274 e. The average molecular weight is 282 g/mol. The lowest BCUT2D eigenvalue weighted by molar-refractivity contribution is 0.597. The number of hydrogen-bond donors (Lipinski definition) is 1. The number of hydrogen-bond acceptors (Lipinski definition) is 4. The van der Waals surface area contributed by atoms with E-state index in [-0.39, 0.29) is 0 Å². The van der Waals surface area contributed by atoms with Crippen molar-refractivity contribution in [1.29, 1.82) is 0 Å². The van der Waals surface area contributed by atoms with Crippen LogP contribution in [0.5, 0.6) is 0 Å². The minimum absolute atomic E-state index is 0.691. The molecule has 5 nitrogen and oxygen atoms in total. The molecule has 0 aliphatic heterocycles. The Morgan fingerprint density at radius 1 is 1.00 bits per heavy atom. The molecule has 100 valence electrons. The summed E-state index contributed by atoms with van der Waals surface area (Å²) < 4.78 is 1.67. The summed E-state index contributed by atoms with van der Waals surface area (Å²) in [6, 6.07) is 13.1. The van der Waals surface area contributed by atoms with Gasteiger partial charge in [0.05, 0.1) is 10.6 Å². The average Bonchev–Trinajstić information content (AvgIpc) is 3.01. The minimum Gasteiger partial charge on any atom is -0.424 e. The third-order valence-corrected chi connectivity index (χ3v) is 4.73. The normalized spacial score (nSPS) is 12.3. The molecular weight excluding hydrogens is 268 g/mol. The van der Waals surface area contributed by atoms with Crippen molar-refractivity contribution in [1.82, 2.24) is 19.7 Å². The first-order valence-electron chi connectivity index (χ1n) is 6.32. The van der Waals surface area contributed by atoms with Crippen LogP contribution in [-0.2, 0) is 0 Å². The topological polar surface area (TPSA) is 63.8 Å². The van der Waals surface area contributed by atoms with E-state index < -0.39 is 9.04 Å². The van der Waals surface area contributed by atoms with E-state index in [2.05, 4.69) is 15.1 Å². The molecule has 1 atom stereocenters. The highest BCUT2D eigenvalue weighted by atomic mass is 28.3. The van der Waals surface area contributed by atoms with Gasteiger partial charge < -0.3 is 4.80 Å². The zero-order chi connectivity index (χ0) is 13.9. The molecule has 20 heavy (non-hydrogen) atoms. The molecule has 0 radical (unpaired) electrons. The second-order valence-corrected chi connectivity index (χ2v) is 6.47. The molecule has 1 unspecified atom stereocenters. The Labute approximate surface area is 118 Å². The van der Waals surface area contributed by atoms with Gasteiger partial charge in [0.2, 0.25) is 0 Å². The van der Waals surface area contributed by atoms with Gasteiger partial charge in [0.25, 0.3) is 9.04 Å². The highest BCUT2D eigenvalue weighted by Crippen LogP contribution is 1.99. The molecule has 0 saturated carbocycles. The van der Waals surface area contributed by atoms with Crippen molar-refractivity contribution < 1.29 is 4.80 Å². The molecule has 3 rings (SSSR count). The Balaban J connectivity index is 1.96. The van der Waals surface area contributed by atoms with E-state index in [1.165, 1.54) is 0 Å². The summed E-state index contributed by atoms with van der Waals surface area (Å²) in [6.07, 6.45) is 3.52. The predicted molar refractivity (Wildman–Crippen MR) is 79.0 cm³/mol. The molecule has 0 aliphatic rings. The van der Waals surface area contributed by atoms with E-state index in [1.54, 1.807) is 10.9 Å². The lowest BCUT2D eigenvalue weighted by Crippen LogP contribution is -2.46. The van der Waals surface area contributed by atoms with Gasteiger partial charge in [-0.2, -0.15) is 5.10 Å². The smallest absolute Gasteiger partial charge is 0.274 e. The Kier molecular flexibility index (Phi) is 3.40. The summed E-state index contributed by atoms with van der Waals surface area (Å²) in [5, 5.41) is 5.57. The van der Waals surface area contributed by atoms with E-state index in [1.807, 2.05) is 55.6 Å². The third kappa shape index (κ3) is 2.51. The fourth-order valence-corrected chi connectivity index (χ4v) is 3.46. The zero-order valence-corrected chi connectivity index (χ0v) is 12.2. The van der Waals surface area contributed by atoms with Crippen LogP contribution in [0, 0.1) is 6.92 Å². The van der Waals surface area contributed by atoms with Gasteiger partial charge in [-0.3, -0.25) is 4.98 Å². The van der Waals surface area contributed by atoms with Gasteiger partial charge in [0.1, 0.15) is 0 Å². The summed E-state index contributed by atoms with van der Waals surface area (Å²) in [5.41, 5.74) is 0.900. The van der Waals surface area contributed by atoms with Crippen LogP contribution in [0.15, 0.2) is 54.9 Å². The molecule has 6 heteroatoms. The van der Waals surface area contributed by atoms with Gasteiger partial charge in [-0.05, 0) is 37.3 Å². The second-order valence-electron chi connectivity index (χ2n) is 4.48. The van der Waals surface area contributed by atoms with Crippen LogP contribution in [-0.4, -0.2) is 33.6 Å². The number of nitrogens with zero attached hydrogens (tertiary/aromatic N) is 4. The fraction of sp³-hybridized carbons (Fsp3) is 0.0714. The van der Waals surface area contributed by atoms with Gasteiger partial charge in [-0.25, -0.2) is 9.67 Å². The summed E-state index contributed by atoms with van der Waals surface area (Å²) in [7, 11) is -2.34. The summed E-state index contributed by atoms with van der Waals surface area (Å²) in [4.78, 5) is 19.4. The second kappa shape index (κ2) is 5.36. The molecule has 0 amide bonds. The SMILES string of the molecule is Cc1cccc([SiH](O)c2cccc(-n3cccn3)n2)n1. The Hall–Kier alpha value is -2.31. The van der Waals surface area contributed by atoms with Crippen molar-refractivity contribution in [3.05, 3.63) is 60.6 Å². The van der Waals surface area contributed by atoms with Gasteiger partial charge >= 0.3 is 0 Å². The van der Waals surface area contributed by atoms with Crippen molar-refractivity contribution >= 4 is 19.7 Å². The third-order valence-electron chi connectivity index (χ3n) is 2.97. The Morgan fingerprint density at radius 3 is 2.45 bits per heavy atom. The molecule has 0 aromatic carbocycles. The van der Waals surface area contributed by atoms with Crippen LogP contribution in [0.2, 0.25) is 0 Å². The van der Waals surface area contributed by atoms with Crippen molar-refractivity contribution in [2.75, 3.05) is 0 Å². The monoisotopic (exact) mass is 282 g/mol. The summed E-state index contributed by atoms with van der Waals surface area (Å²) in [5.74, 6) is 0.701. The highest BCUT2D eigenvalue weighted by molar-refractivity contribution is 6.77.